The molecule has 0 aliphatic heterocycles. The maximum absolute atomic E-state index is 5.20. The SMILES string of the molecule is COCC(C)CNC(c1ccccc1)c1ccncc1. The summed E-state index contributed by atoms with van der Waals surface area (Å²) in [6, 6.07) is 14.8. The van der Waals surface area contributed by atoms with Gasteiger partial charge in [-0.25, -0.2) is 0 Å². The van der Waals surface area contributed by atoms with Gasteiger partial charge in [0, 0.05) is 32.7 Å². The lowest BCUT2D eigenvalue weighted by atomic mass is 9.99. The first kappa shape index (κ1) is 14.7. The Morgan fingerprint density at radius 1 is 1.05 bits per heavy atom. The summed E-state index contributed by atoms with van der Waals surface area (Å²) in [4.78, 5) is 4.10. The highest BCUT2D eigenvalue weighted by Crippen LogP contribution is 2.21. The third kappa shape index (κ3) is 4.15. The predicted molar refractivity (Wildman–Crippen MR) is 81.6 cm³/mol. The summed E-state index contributed by atoms with van der Waals surface area (Å²) < 4.78 is 5.20. The summed E-state index contributed by atoms with van der Waals surface area (Å²) in [6.07, 6.45) is 3.68. The minimum Gasteiger partial charge on any atom is -0.384 e. The molecule has 0 aliphatic rings. The van der Waals surface area contributed by atoms with Gasteiger partial charge in [0.05, 0.1) is 6.04 Å². The van der Waals surface area contributed by atoms with E-state index in [4.69, 9.17) is 4.74 Å². The van der Waals surface area contributed by atoms with E-state index in [-0.39, 0.29) is 6.04 Å². The van der Waals surface area contributed by atoms with E-state index in [2.05, 4.69) is 53.6 Å². The molecule has 0 radical (unpaired) electrons. The van der Waals surface area contributed by atoms with Crippen molar-refractivity contribution in [1.29, 1.82) is 0 Å². The van der Waals surface area contributed by atoms with E-state index in [1.54, 1.807) is 7.11 Å². The highest BCUT2D eigenvalue weighted by atomic mass is 16.5. The first-order chi connectivity index (χ1) is 9.81. The number of nitrogens with one attached hydrogen (secondary N) is 1. The molecule has 2 aromatic rings. The average Bonchev–Trinajstić information content (AvgIpc) is 2.50. The van der Waals surface area contributed by atoms with E-state index in [0.717, 1.165) is 13.2 Å². The van der Waals surface area contributed by atoms with Gasteiger partial charge in [0.25, 0.3) is 0 Å². The third-order valence-corrected chi connectivity index (χ3v) is 3.29. The number of benzene rings is 1. The monoisotopic (exact) mass is 270 g/mol. The highest BCUT2D eigenvalue weighted by Gasteiger charge is 2.14. The van der Waals surface area contributed by atoms with Gasteiger partial charge in [-0.05, 0) is 29.2 Å². The molecular formula is C17H22N2O. The standard InChI is InChI=1S/C17H22N2O/c1-14(13-20-2)12-19-17(15-6-4-3-5-7-15)16-8-10-18-11-9-16/h3-11,14,17,19H,12-13H2,1-2H3. The van der Waals surface area contributed by atoms with E-state index < -0.39 is 0 Å². The van der Waals surface area contributed by atoms with Crippen molar-refractivity contribution in [2.75, 3.05) is 20.3 Å². The van der Waals surface area contributed by atoms with Crippen LogP contribution in [0.1, 0.15) is 24.1 Å². The van der Waals surface area contributed by atoms with Crippen LogP contribution < -0.4 is 5.32 Å². The van der Waals surface area contributed by atoms with Crippen LogP contribution in [0.25, 0.3) is 0 Å². The lowest BCUT2D eigenvalue weighted by Gasteiger charge is -2.22. The van der Waals surface area contributed by atoms with Crippen molar-refractivity contribution in [3.8, 4) is 0 Å². The van der Waals surface area contributed by atoms with Crippen molar-refractivity contribution < 1.29 is 4.74 Å². The van der Waals surface area contributed by atoms with Crippen LogP contribution in [0.4, 0.5) is 0 Å². The predicted octanol–water partition coefficient (Wildman–Crippen LogP) is 3.04. The van der Waals surface area contributed by atoms with Gasteiger partial charge >= 0.3 is 0 Å². The second-order valence-corrected chi connectivity index (χ2v) is 5.09. The van der Waals surface area contributed by atoms with Crippen molar-refractivity contribution in [2.24, 2.45) is 5.92 Å². The minimum absolute atomic E-state index is 0.193. The summed E-state index contributed by atoms with van der Waals surface area (Å²) in [5.41, 5.74) is 2.50. The maximum atomic E-state index is 5.20. The Balaban J connectivity index is 2.13. The molecule has 0 fully saturated rings. The van der Waals surface area contributed by atoms with Crippen LogP contribution in [0, 0.1) is 5.92 Å². The second kappa shape index (κ2) is 7.78. The fourth-order valence-corrected chi connectivity index (χ4v) is 2.29. The lowest BCUT2D eigenvalue weighted by molar-refractivity contribution is 0.157. The zero-order valence-corrected chi connectivity index (χ0v) is 12.1. The Morgan fingerprint density at radius 3 is 2.35 bits per heavy atom. The molecule has 0 saturated carbocycles. The number of ether oxygens (including phenoxy) is 1. The first-order valence-electron chi connectivity index (χ1n) is 6.98. The van der Waals surface area contributed by atoms with Gasteiger partial charge in [0.15, 0.2) is 0 Å². The summed E-state index contributed by atoms with van der Waals surface area (Å²) >= 11 is 0. The molecular weight excluding hydrogens is 248 g/mol. The van der Waals surface area contributed by atoms with Crippen molar-refractivity contribution in [3.63, 3.8) is 0 Å². The van der Waals surface area contributed by atoms with E-state index in [1.807, 2.05) is 18.5 Å². The third-order valence-electron chi connectivity index (χ3n) is 3.29. The highest BCUT2D eigenvalue weighted by molar-refractivity contribution is 5.30. The molecule has 0 bridgehead atoms. The molecule has 1 heterocycles. The summed E-state index contributed by atoms with van der Waals surface area (Å²) in [5.74, 6) is 0.480. The van der Waals surface area contributed by atoms with Gasteiger partial charge in [-0.3, -0.25) is 4.98 Å². The molecule has 106 valence electrons. The molecule has 2 atom stereocenters. The van der Waals surface area contributed by atoms with Gasteiger partial charge in [0.2, 0.25) is 0 Å². The van der Waals surface area contributed by atoms with Crippen LogP contribution in [-0.2, 0) is 4.74 Å². The van der Waals surface area contributed by atoms with E-state index in [9.17, 15) is 0 Å². The fraction of sp³-hybridized carbons (Fsp3) is 0.353. The Bertz CT molecular complexity index is 447. The minimum atomic E-state index is 0.193. The van der Waals surface area contributed by atoms with Gasteiger partial charge in [0.1, 0.15) is 0 Å². The van der Waals surface area contributed by atoms with Gasteiger partial charge < -0.3 is 10.1 Å². The lowest BCUT2D eigenvalue weighted by Crippen LogP contribution is -2.28. The largest absolute Gasteiger partial charge is 0.384 e. The molecule has 2 unspecified atom stereocenters. The molecule has 0 spiro atoms. The Kier molecular flexibility index (Phi) is 5.71. The Labute approximate surface area is 121 Å². The summed E-state index contributed by atoms with van der Waals surface area (Å²) in [6.45, 7) is 3.87. The zero-order valence-electron chi connectivity index (χ0n) is 12.1. The van der Waals surface area contributed by atoms with Crippen LogP contribution in [0.5, 0.6) is 0 Å². The van der Waals surface area contributed by atoms with Crippen LogP contribution in [-0.4, -0.2) is 25.2 Å². The van der Waals surface area contributed by atoms with E-state index >= 15 is 0 Å². The van der Waals surface area contributed by atoms with Crippen LogP contribution in [0.3, 0.4) is 0 Å². The van der Waals surface area contributed by atoms with Crippen molar-refractivity contribution >= 4 is 0 Å². The normalized spacial score (nSPS) is 13.9. The van der Waals surface area contributed by atoms with Crippen LogP contribution in [0.2, 0.25) is 0 Å². The number of hydrogen-bond acceptors (Lipinski definition) is 3. The van der Waals surface area contributed by atoms with Gasteiger partial charge in [-0.1, -0.05) is 37.3 Å². The first-order valence-corrected chi connectivity index (χ1v) is 6.98. The number of rotatable bonds is 7. The quantitative estimate of drug-likeness (QED) is 0.839. The fourth-order valence-electron chi connectivity index (χ4n) is 2.29. The van der Waals surface area contributed by atoms with Gasteiger partial charge in [-0.2, -0.15) is 0 Å². The van der Waals surface area contributed by atoms with Crippen molar-refractivity contribution in [2.45, 2.75) is 13.0 Å². The van der Waals surface area contributed by atoms with Crippen molar-refractivity contribution in [1.82, 2.24) is 10.3 Å². The molecule has 20 heavy (non-hydrogen) atoms. The van der Waals surface area contributed by atoms with Gasteiger partial charge in [-0.15, -0.1) is 0 Å². The molecule has 0 amide bonds. The van der Waals surface area contributed by atoms with E-state index in [0.29, 0.717) is 5.92 Å². The average molecular weight is 270 g/mol. The number of aromatic nitrogens is 1. The van der Waals surface area contributed by atoms with Crippen molar-refractivity contribution in [3.05, 3.63) is 66.0 Å². The number of methoxy groups -OCH3 is 1. The topological polar surface area (TPSA) is 34.1 Å². The molecule has 1 N–H and O–H groups in total. The molecule has 0 saturated heterocycles. The number of pyridine rings is 1. The Morgan fingerprint density at radius 2 is 1.70 bits per heavy atom. The van der Waals surface area contributed by atoms with Crippen LogP contribution in [0.15, 0.2) is 54.9 Å². The smallest absolute Gasteiger partial charge is 0.0577 e. The molecule has 3 heteroatoms. The summed E-state index contributed by atoms with van der Waals surface area (Å²) in [5, 5.41) is 3.63. The number of hydrogen-bond donors (Lipinski definition) is 1. The second-order valence-electron chi connectivity index (χ2n) is 5.09. The molecule has 1 aromatic carbocycles. The maximum Gasteiger partial charge on any atom is 0.0577 e. The van der Waals surface area contributed by atoms with E-state index in [1.165, 1.54) is 11.1 Å². The molecule has 2 rings (SSSR count). The zero-order chi connectivity index (χ0) is 14.2. The summed E-state index contributed by atoms with van der Waals surface area (Å²) in [7, 11) is 1.74. The molecule has 1 aromatic heterocycles. The van der Waals surface area contributed by atoms with Crippen LogP contribution >= 0.6 is 0 Å². The molecule has 0 aliphatic carbocycles. The number of nitrogens with zero attached hydrogens (tertiary/aromatic N) is 1. The molecule has 3 nitrogen and oxygen atoms in total. The Hall–Kier alpha value is -1.71.